The van der Waals surface area contributed by atoms with Crippen molar-refractivity contribution in [3.05, 3.63) is 132 Å². The maximum absolute atomic E-state index is 15.2. The number of ether oxygens (including phenoxy) is 4. The van der Waals surface area contributed by atoms with Crippen LogP contribution < -0.4 is 9.47 Å². The molecule has 0 spiro atoms. The minimum absolute atomic E-state index is 0.0283. The highest BCUT2D eigenvalue weighted by Crippen LogP contribution is 2.40. The molecule has 1 aromatic heterocycles. The van der Waals surface area contributed by atoms with Crippen LogP contribution in [0.3, 0.4) is 0 Å². The smallest absolute Gasteiger partial charge is 0.482 e. The average Bonchev–Trinajstić information content (AvgIpc) is 3.76. The SMILES string of the molecule is COC(=O)COc1ccc(C2=N/C(=N\c3c(-c4ccccc4)cc(-c4ccc(OCC(=O)OC)cc4)n3B(F)F)C(c3ccccc3)=C2)cc1. The molecule has 4 aromatic carbocycles. The maximum Gasteiger partial charge on any atom is 0.679 e. The third-order valence-electron chi connectivity index (χ3n) is 7.80. The van der Waals surface area contributed by atoms with E-state index >= 15 is 8.63 Å². The molecule has 0 atom stereocenters. The van der Waals surface area contributed by atoms with E-state index in [1.807, 2.05) is 66.7 Å². The van der Waals surface area contributed by atoms with Gasteiger partial charge < -0.3 is 23.4 Å². The fraction of sp³-hybridized carbons (Fsp3) is 0.105. The molecule has 0 aliphatic carbocycles. The van der Waals surface area contributed by atoms with Gasteiger partial charge in [0, 0.05) is 22.4 Å². The molecule has 0 amide bonds. The molecule has 0 radical (unpaired) electrons. The molecule has 1 aliphatic heterocycles. The average molecular weight is 673 g/mol. The Kier molecular flexibility index (Phi) is 10.3. The normalized spacial score (nSPS) is 13.0. The first kappa shape index (κ1) is 33.6. The number of halogens is 2. The van der Waals surface area contributed by atoms with Gasteiger partial charge in [-0.25, -0.2) is 19.6 Å². The van der Waals surface area contributed by atoms with Crippen LogP contribution in [0.2, 0.25) is 0 Å². The first-order valence-electron chi connectivity index (χ1n) is 15.5. The molecule has 0 bridgehead atoms. The van der Waals surface area contributed by atoms with Gasteiger partial charge in [0.2, 0.25) is 0 Å². The Labute approximate surface area is 287 Å². The lowest BCUT2D eigenvalue weighted by Gasteiger charge is -2.11. The van der Waals surface area contributed by atoms with E-state index < -0.39 is 19.3 Å². The van der Waals surface area contributed by atoms with Crippen LogP contribution in [-0.4, -0.2) is 62.8 Å². The van der Waals surface area contributed by atoms with Crippen molar-refractivity contribution in [1.29, 1.82) is 0 Å². The van der Waals surface area contributed by atoms with Crippen molar-refractivity contribution >= 4 is 42.3 Å². The van der Waals surface area contributed by atoms with Crippen LogP contribution in [-0.2, 0) is 19.1 Å². The summed E-state index contributed by atoms with van der Waals surface area (Å²) >= 11 is 0. The lowest BCUT2D eigenvalue weighted by Crippen LogP contribution is -2.14. The number of aliphatic imine (C=N–C) groups is 2. The number of nitrogens with zero attached hydrogens (tertiary/aromatic N) is 3. The van der Waals surface area contributed by atoms with E-state index in [-0.39, 0.29) is 30.6 Å². The monoisotopic (exact) mass is 673 g/mol. The van der Waals surface area contributed by atoms with Crippen molar-refractivity contribution in [2.45, 2.75) is 0 Å². The van der Waals surface area contributed by atoms with Gasteiger partial charge >= 0.3 is 19.3 Å². The molecule has 2 heterocycles. The second-order valence-electron chi connectivity index (χ2n) is 10.9. The maximum atomic E-state index is 15.2. The van der Waals surface area contributed by atoms with Crippen molar-refractivity contribution in [2.75, 3.05) is 27.4 Å². The van der Waals surface area contributed by atoms with E-state index in [2.05, 4.69) is 9.47 Å². The lowest BCUT2D eigenvalue weighted by molar-refractivity contribution is -0.143. The first-order valence-corrected chi connectivity index (χ1v) is 15.5. The third kappa shape index (κ3) is 7.54. The number of benzene rings is 4. The zero-order valence-corrected chi connectivity index (χ0v) is 27.1. The number of carbonyl (C=O) groups excluding carboxylic acids is 2. The summed E-state index contributed by atoms with van der Waals surface area (Å²) in [5.41, 5.74) is 4.67. The molecule has 12 heteroatoms. The van der Waals surface area contributed by atoms with Crippen LogP contribution in [0.4, 0.5) is 14.4 Å². The number of amidine groups is 1. The van der Waals surface area contributed by atoms with E-state index in [0.29, 0.717) is 39.5 Å². The molecule has 50 heavy (non-hydrogen) atoms. The molecule has 0 N–H and O–H groups in total. The summed E-state index contributed by atoms with van der Waals surface area (Å²) in [4.78, 5) is 32.7. The summed E-state index contributed by atoms with van der Waals surface area (Å²) in [5, 5.41) is 0. The Hall–Kier alpha value is -6.30. The molecular formula is C38H30BF2N3O6. The summed E-state index contributed by atoms with van der Waals surface area (Å²) in [7, 11) is -0.407. The largest absolute Gasteiger partial charge is 0.679 e. The second-order valence-corrected chi connectivity index (χ2v) is 10.9. The van der Waals surface area contributed by atoms with Gasteiger partial charge in [-0.05, 0) is 77.4 Å². The van der Waals surface area contributed by atoms with Gasteiger partial charge in [0.05, 0.1) is 19.9 Å². The topological polar surface area (TPSA) is 101 Å². The van der Waals surface area contributed by atoms with Crippen molar-refractivity contribution in [3.63, 3.8) is 0 Å². The number of carbonyl (C=O) groups is 2. The zero-order chi connectivity index (χ0) is 35.0. The van der Waals surface area contributed by atoms with Gasteiger partial charge in [0.1, 0.15) is 17.3 Å². The van der Waals surface area contributed by atoms with E-state index in [1.165, 1.54) is 14.2 Å². The lowest BCUT2D eigenvalue weighted by atomic mass is 10.0. The molecule has 9 nitrogen and oxygen atoms in total. The fourth-order valence-corrected chi connectivity index (χ4v) is 5.30. The van der Waals surface area contributed by atoms with Gasteiger partial charge in [0.15, 0.2) is 19.0 Å². The van der Waals surface area contributed by atoms with Gasteiger partial charge in [-0.15, -0.1) is 0 Å². The molecule has 250 valence electrons. The van der Waals surface area contributed by atoms with Crippen LogP contribution in [0, 0.1) is 0 Å². The molecular weight excluding hydrogens is 643 g/mol. The Morgan fingerprint density at radius 2 is 1.22 bits per heavy atom. The van der Waals surface area contributed by atoms with Gasteiger partial charge in [-0.1, -0.05) is 60.7 Å². The van der Waals surface area contributed by atoms with Crippen molar-refractivity contribution in [3.8, 4) is 33.9 Å². The second kappa shape index (κ2) is 15.3. The number of rotatable bonds is 12. The van der Waals surface area contributed by atoms with E-state index in [9.17, 15) is 9.59 Å². The predicted octanol–water partition coefficient (Wildman–Crippen LogP) is 7.31. The number of esters is 2. The van der Waals surface area contributed by atoms with Crippen molar-refractivity contribution < 1.29 is 37.2 Å². The minimum Gasteiger partial charge on any atom is -0.482 e. The van der Waals surface area contributed by atoms with Crippen LogP contribution >= 0.6 is 0 Å². The van der Waals surface area contributed by atoms with Gasteiger partial charge in [-0.3, -0.25) is 8.63 Å². The Bertz CT molecular complexity index is 2080. The van der Waals surface area contributed by atoms with Crippen LogP contribution in [0.25, 0.3) is 28.0 Å². The third-order valence-corrected chi connectivity index (χ3v) is 7.80. The Morgan fingerprint density at radius 3 is 1.74 bits per heavy atom. The molecule has 5 aromatic rings. The van der Waals surface area contributed by atoms with Crippen molar-refractivity contribution in [2.24, 2.45) is 9.98 Å². The molecule has 0 saturated carbocycles. The number of methoxy groups -OCH3 is 2. The van der Waals surface area contributed by atoms with Gasteiger partial charge in [-0.2, -0.15) is 0 Å². The number of hydrogen-bond donors (Lipinski definition) is 0. The molecule has 6 rings (SSSR count). The quantitative estimate of drug-likeness (QED) is 0.102. The van der Waals surface area contributed by atoms with Crippen LogP contribution in [0.5, 0.6) is 11.5 Å². The Morgan fingerprint density at radius 1 is 0.700 bits per heavy atom. The summed E-state index contributed by atoms with van der Waals surface area (Å²) < 4.78 is 51.4. The van der Waals surface area contributed by atoms with E-state index in [4.69, 9.17) is 19.5 Å². The first-order chi connectivity index (χ1) is 24.3. The van der Waals surface area contributed by atoms with E-state index in [0.717, 1.165) is 15.6 Å². The van der Waals surface area contributed by atoms with Crippen LogP contribution in [0.15, 0.2) is 131 Å². The van der Waals surface area contributed by atoms with E-state index in [1.54, 1.807) is 54.6 Å². The summed E-state index contributed by atoms with van der Waals surface area (Å²) in [6.07, 6.45) is 1.87. The van der Waals surface area contributed by atoms with Gasteiger partial charge in [0.25, 0.3) is 0 Å². The van der Waals surface area contributed by atoms with Crippen LogP contribution in [0.1, 0.15) is 11.1 Å². The van der Waals surface area contributed by atoms with Crippen molar-refractivity contribution in [1.82, 2.24) is 4.48 Å². The fourth-order valence-electron chi connectivity index (χ4n) is 5.30. The highest BCUT2D eigenvalue weighted by Gasteiger charge is 2.30. The number of hydrogen-bond acceptors (Lipinski definition) is 7. The molecule has 1 aliphatic rings. The predicted molar refractivity (Wildman–Crippen MR) is 188 cm³/mol. The zero-order valence-electron chi connectivity index (χ0n) is 27.1. The summed E-state index contributed by atoms with van der Waals surface area (Å²) in [6.45, 7) is -0.509. The number of allylic oxidation sites excluding steroid dienone is 1. The molecule has 0 unspecified atom stereocenters. The molecule has 0 saturated heterocycles. The highest BCUT2D eigenvalue weighted by molar-refractivity contribution is 6.43. The summed E-state index contributed by atoms with van der Waals surface area (Å²) in [5.74, 6) is 0.0930. The summed E-state index contributed by atoms with van der Waals surface area (Å²) in [6, 6.07) is 33.8. The Balaban J connectivity index is 1.45. The molecule has 0 fully saturated rings. The number of aromatic nitrogens is 1. The highest BCUT2D eigenvalue weighted by atomic mass is 19.2. The minimum atomic E-state index is -2.95. The standard InChI is InChI=1S/C38H30BF2N3O6/c1-47-35(45)23-49-29-17-13-27(14-18-29)33-21-31(25-9-5-3-6-10-25)37(42-33)43-38-32(26-11-7-4-8-12-26)22-34(44(38)39(40)41)28-15-19-30(20-16-28)50-24-36(46)48-2/h3-22H,23-24H2,1-2H3/b43-37-.